The van der Waals surface area contributed by atoms with Crippen molar-refractivity contribution in [3.63, 3.8) is 0 Å². The number of carbonyl (C=O) groups excluding carboxylic acids is 2. The summed E-state index contributed by atoms with van der Waals surface area (Å²) in [4.78, 5) is 54.9. The molecular weight excluding hydrogens is 592 g/mol. The molecule has 1 aliphatic rings. The molecule has 2 atom stereocenters. The van der Waals surface area contributed by atoms with Crippen molar-refractivity contribution >= 4 is 34.8 Å². The van der Waals surface area contributed by atoms with Crippen LogP contribution in [0, 0.1) is 11.6 Å². The van der Waals surface area contributed by atoms with Gasteiger partial charge in [0.2, 0.25) is 0 Å². The van der Waals surface area contributed by atoms with Gasteiger partial charge in [0, 0.05) is 48.5 Å². The molecule has 6 N–H and O–H groups in total. The maximum absolute atomic E-state index is 14.7. The van der Waals surface area contributed by atoms with Crippen molar-refractivity contribution < 1.29 is 33.0 Å². The first-order chi connectivity index (χ1) is 21.7. The van der Waals surface area contributed by atoms with Crippen LogP contribution in [-0.2, 0) is 16.1 Å². The van der Waals surface area contributed by atoms with E-state index in [0.717, 1.165) is 31.7 Å². The average molecular weight is 624 g/mol. The number of carbonyl (C=O) groups is 3. The standard InChI is InChI=1S/C29H31F2N9O5/c30-17-9-20-21(12-36-25(20)35-11-17)26-37-13-22(31)27(40-26)38-18-2-1-3-19(10-18)39-28(43)23-8-16(4-5-33-23)15-45-29(44)34-7-6-32-14-24(41)42/h4-5,8-9,11-13,18-19,32H,1-3,6-7,10,14-15H2,(H,34,44)(H,35,36)(H,39,43)(H,41,42)(H,37,38,40)/t18-,19+/m0/s1. The van der Waals surface area contributed by atoms with E-state index in [2.05, 4.69) is 46.2 Å². The number of hydrogen-bond acceptors (Lipinski definition) is 10. The average Bonchev–Trinajstić information content (AvgIpc) is 3.44. The largest absolute Gasteiger partial charge is 0.480 e. The number of rotatable bonds is 12. The molecule has 2 amide bonds. The Morgan fingerprint density at radius 3 is 2.76 bits per heavy atom. The van der Waals surface area contributed by atoms with E-state index in [4.69, 9.17) is 9.84 Å². The second-order valence-electron chi connectivity index (χ2n) is 10.4. The molecule has 0 saturated heterocycles. The Morgan fingerprint density at radius 2 is 1.91 bits per heavy atom. The van der Waals surface area contributed by atoms with Gasteiger partial charge in [-0.1, -0.05) is 0 Å². The van der Waals surface area contributed by atoms with Gasteiger partial charge in [-0.05, 0) is 49.4 Å². The van der Waals surface area contributed by atoms with Crippen molar-refractivity contribution in [2.24, 2.45) is 0 Å². The molecule has 0 bridgehead atoms. The van der Waals surface area contributed by atoms with Gasteiger partial charge in [-0.25, -0.2) is 28.5 Å². The van der Waals surface area contributed by atoms with Crippen molar-refractivity contribution in [1.29, 1.82) is 0 Å². The Bertz CT molecular complexity index is 1690. The van der Waals surface area contributed by atoms with Crippen LogP contribution in [0.15, 0.2) is 43.0 Å². The van der Waals surface area contributed by atoms with Gasteiger partial charge in [0.25, 0.3) is 5.91 Å². The van der Waals surface area contributed by atoms with E-state index in [9.17, 15) is 23.2 Å². The molecule has 0 spiro atoms. The molecule has 1 fully saturated rings. The van der Waals surface area contributed by atoms with Crippen LogP contribution in [-0.4, -0.2) is 79.7 Å². The van der Waals surface area contributed by atoms with Crippen molar-refractivity contribution in [3.05, 3.63) is 65.9 Å². The minimum Gasteiger partial charge on any atom is -0.480 e. The van der Waals surface area contributed by atoms with Gasteiger partial charge in [-0.3, -0.25) is 14.6 Å². The monoisotopic (exact) mass is 623 g/mol. The lowest BCUT2D eigenvalue weighted by Crippen LogP contribution is -2.42. The minimum absolute atomic E-state index is 0.00520. The molecule has 5 rings (SSSR count). The number of amides is 2. The number of ether oxygens (including phenoxy) is 1. The Hall–Kier alpha value is -5.25. The van der Waals surface area contributed by atoms with Crippen molar-refractivity contribution in [3.8, 4) is 11.4 Å². The number of aromatic amines is 1. The molecule has 16 heteroatoms. The summed E-state index contributed by atoms with van der Waals surface area (Å²) in [5, 5.41) is 20.3. The van der Waals surface area contributed by atoms with E-state index in [0.29, 0.717) is 28.6 Å². The summed E-state index contributed by atoms with van der Waals surface area (Å²) in [6.45, 7) is 0.135. The first-order valence-electron chi connectivity index (χ1n) is 14.3. The van der Waals surface area contributed by atoms with Crippen LogP contribution in [0.2, 0.25) is 0 Å². The van der Waals surface area contributed by atoms with Crippen LogP contribution in [0.1, 0.15) is 41.7 Å². The van der Waals surface area contributed by atoms with Gasteiger partial charge in [-0.2, -0.15) is 0 Å². The normalized spacial score (nSPS) is 16.2. The summed E-state index contributed by atoms with van der Waals surface area (Å²) >= 11 is 0. The lowest BCUT2D eigenvalue weighted by atomic mass is 9.91. The van der Waals surface area contributed by atoms with Gasteiger partial charge in [0.05, 0.1) is 18.9 Å². The molecular formula is C29H31F2N9O5. The number of H-pyrrole nitrogens is 1. The third kappa shape index (κ3) is 8.44. The molecule has 0 aromatic carbocycles. The number of fused-ring (bicyclic) bond motifs is 1. The number of alkyl carbamates (subject to hydrolysis) is 1. The summed E-state index contributed by atoms with van der Waals surface area (Å²) < 4.78 is 33.7. The van der Waals surface area contributed by atoms with Crippen LogP contribution in [0.25, 0.3) is 22.4 Å². The Labute approximate surface area is 255 Å². The third-order valence-electron chi connectivity index (χ3n) is 7.11. The van der Waals surface area contributed by atoms with Gasteiger partial charge in [0.15, 0.2) is 17.5 Å². The zero-order chi connectivity index (χ0) is 31.8. The summed E-state index contributed by atoms with van der Waals surface area (Å²) in [6.07, 6.45) is 7.25. The predicted molar refractivity (Wildman–Crippen MR) is 157 cm³/mol. The SMILES string of the molecule is O=C(O)CNCCNC(=O)OCc1ccnc(C(=O)N[C@@H]2CCC[C@H](Nc3nc(-c4c[nH]c5ncc(F)cc45)ncc3F)C2)c1. The van der Waals surface area contributed by atoms with E-state index in [1.807, 2.05) is 0 Å². The summed E-state index contributed by atoms with van der Waals surface area (Å²) in [7, 11) is 0. The lowest BCUT2D eigenvalue weighted by molar-refractivity contribution is -0.135. The van der Waals surface area contributed by atoms with E-state index in [1.165, 1.54) is 18.3 Å². The van der Waals surface area contributed by atoms with Crippen LogP contribution in [0.3, 0.4) is 0 Å². The quantitative estimate of drug-likeness (QED) is 0.127. The number of nitrogens with zero attached hydrogens (tertiary/aromatic N) is 4. The smallest absolute Gasteiger partial charge is 0.407 e. The van der Waals surface area contributed by atoms with Crippen molar-refractivity contribution in [1.82, 2.24) is 40.9 Å². The number of anilines is 1. The first-order valence-corrected chi connectivity index (χ1v) is 14.3. The predicted octanol–water partition coefficient (Wildman–Crippen LogP) is 2.75. The van der Waals surface area contributed by atoms with Gasteiger partial charge in [0.1, 0.15) is 23.8 Å². The Balaban J connectivity index is 1.14. The highest BCUT2D eigenvalue weighted by molar-refractivity contribution is 5.93. The zero-order valence-electron chi connectivity index (χ0n) is 24.0. The van der Waals surface area contributed by atoms with Crippen LogP contribution in [0.4, 0.5) is 19.4 Å². The molecule has 0 radical (unpaired) electrons. The van der Waals surface area contributed by atoms with E-state index < -0.39 is 29.6 Å². The molecule has 1 saturated carbocycles. The number of aromatic nitrogens is 5. The topological polar surface area (TPSA) is 196 Å². The summed E-state index contributed by atoms with van der Waals surface area (Å²) in [5.74, 6) is -2.34. The van der Waals surface area contributed by atoms with Crippen LogP contribution in [0.5, 0.6) is 0 Å². The number of halogens is 2. The molecule has 45 heavy (non-hydrogen) atoms. The van der Waals surface area contributed by atoms with Crippen LogP contribution >= 0.6 is 0 Å². The maximum Gasteiger partial charge on any atom is 0.407 e. The van der Waals surface area contributed by atoms with Crippen LogP contribution < -0.4 is 21.3 Å². The molecule has 4 aromatic heterocycles. The minimum atomic E-state index is -0.997. The van der Waals surface area contributed by atoms with Gasteiger partial charge < -0.3 is 36.1 Å². The van der Waals surface area contributed by atoms with Gasteiger partial charge in [-0.15, -0.1) is 0 Å². The molecule has 4 heterocycles. The Morgan fingerprint density at radius 1 is 1.07 bits per heavy atom. The zero-order valence-corrected chi connectivity index (χ0v) is 24.0. The molecule has 1 aliphatic carbocycles. The maximum atomic E-state index is 14.7. The number of hydrogen-bond donors (Lipinski definition) is 6. The molecule has 4 aromatic rings. The van der Waals surface area contributed by atoms with E-state index in [-0.39, 0.29) is 55.7 Å². The molecule has 0 unspecified atom stereocenters. The number of carboxylic acids is 1. The summed E-state index contributed by atoms with van der Waals surface area (Å²) in [5.41, 5.74) is 1.65. The third-order valence-corrected chi connectivity index (χ3v) is 7.11. The highest BCUT2D eigenvalue weighted by Crippen LogP contribution is 2.28. The van der Waals surface area contributed by atoms with Gasteiger partial charge >= 0.3 is 12.1 Å². The number of carboxylic acid groups (broad SMARTS) is 1. The second-order valence-corrected chi connectivity index (χ2v) is 10.4. The highest BCUT2D eigenvalue weighted by Gasteiger charge is 2.26. The molecule has 0 aliphatic heterocycles. The van der Waals surface area contributed by atoms with Crippen molar-refractivity contribution in [2.45, 2.75) is 44.4 Å². The second kappa shape index (κ2) is 14.5. The molecule has 14 nitrogen and oxygen atoms in total. The lowest BCUT2D eigenvalue weighted by Gasteiger charge is -2.30. The Kier molecular flexibility index (Phi) is 10.0. The van der Waals surface area contributed by atoms with E-state index in [1.54, 1.807) is 12.3 Å². The first kappa shape index (κ1) is 31.2. The fraction of sp³-hybridized carbons (Fsp3) is 0.345. The highest BCUT2D eigenvalue weighted by atomic mass is 19.1. The van der Waals surface area contributed by atoms with Crippen molar-refractivity contribution in [2.75, 3.05) is 25.0 Å². The number of pyridine rings is 2. The summed E-state index contributed by atoms with van der Waals surface area (Å²) in [6, 6.07) is 4.06. The number of nitrogens with one attached hydrogen (secondary N) is 5. The van der Waals surface area contributed by atoms with E-state index >= 15 is 0 Å². The fourth-order valence-corrected chi connectivity index (χ4v) is 5.00. The number of aliphatic carboxylic acids is 1. The fourth-order valence-electron chi connectivity index (χ4n) is 5.00. The molecule has 236 valence electrons.